The minimum absolute atomic E-state index is 0.174. The van der Waals surface area contributed by atoms with Crippen molar-refractivity contribution in [1.29, 1.82) is 0 Å². The number of nitrogens with two attached hydrogens (primary N) is 2. The second-order valence-corrected chi connectivity index (χ2v) is 7.02. The van der Waals surface area contributed by atoms with E-state index in [-0.39, 0.29) is 13.0 Å². The summed E-state index contributed by atoms with van der Waals surface area (Å²) in [5, 5.41) is 25.8. The highest BCUT2D eigenvalue weighted by Gasteiger charge is 2.28. The quantitative estimate of drug-likeness (QED) is 0.138. The molecule has 0 rings (SSSR count). The Hall–Kier alpha value is -1.89. The van der Waals surface area contributed by atoms with Gasteiger partial charge in [-0.1, -0.05) is 0 Å². The minimum atomic E-state index is -1.35. The first-order chi connectivity index (χ1) is 13.3. The first kappa shape index (κ1) is 26.1. The molecule has 0 fully saturated rings. The highest BCUT2D eigenvalue weighted by atomic mass is 32.2. The third-order valence-corrected chi connectivity index (χ3v) is 4.47. The molecule has 0 aromatic rings. The summed E-state index contributed by atoms with van der Waals surface area (Å²) in [6.07, 6.45) is 3.42. The van der Waals surface area contributed by atoms with Crippen molar-refractivity contribution in [3.8, 4) is 0 Å². The zero-order valence-corrected chi connectivity index (χ0v) is 16.8. The van der Waals surface area contributed by atoms with Gasteiger partial charge in [0.1, 0.15) is 18.1 Å². The number of hydrogen-bond donors (Lipinski definition) is 7. The van der Waals surface area contributed by atoms with Gasteiger partial charge in [0.2, 0.25) is 17.7 Å². The Labute approximate surface area is 168 Å². The summed E-state index contributed by atoms with van der Waals surface area (Å²) in [4.78, 5) is 47.5. The summed E-state index contributed by atoms with van der Waals surface area (Å²) in [5.74, 6) is -2.68. The van der Waals surface area contributed by atoms with Crippen LogP contribution in [0.2, 0.25) is 0 Å². The molecule has 0 heterocycles. The molecule has 28 heavy (non-hydrogen) atoms. The Morgan fingerprint density at radius 1 is 0.929 bits per heavy atom. The summed E-state index contributed by atoms with van der Waals surface area (Å²) in [7, 11) is 0. The number of amides is 3. The van der Waals surface area contributed by atoms with Gasteiger partial charge in [-0.3, -0.25) is 14.4 Å². The van der Waals surface area contributed by atoms with Crippen LogP contribution in [-0.4, -0.2) is 83.7 Å². The fourth-order valence-electron chi connectivity index (χ4n) is 2.25. The van der Waals surface area contributed by atoms with Gasteiger partial charge in [0.15, 0.2) is 0 Å². The summed E-state index contributed by atoms with van der Waals surface area (Å²) >= 11 is 1.47. The van der Waals surface area contributed by atoms with E-state index in [0.717, 1.165) is 0 Å². The van der Waals surface area contributed by atoms with Crippen molar-refractivity contribution < 1.29 is 29.4 Å². The molecular weight excluding hydrogens is 390 g/mol. The molecule has 0 radical (unpaired) electrons. The number of hydrogen-bond acceptors (Lipinski definition) is 8. The fourth-order valence-corrected chi connectivity index (χ4v) is 2.72. The lowest BCUT2D eigenvalue weighted by atomic mass is 10.1. The first-order valence-corrected chi connectivity index (χ1v) is 10.3. The Bertz CT molecular complexity index is 522. The van der Waals surface area contributed by atoms with Crippen molar-refractivity contribution in [2.75, 3.05) is 31.7 Å². The Morgan fingerprint density at radius 2 is 1.54 bits per heavy atom. The second kappa shape index (κ2) is 15.1. The highest BCUT2D eigenvalue weighted by molar-refractivity contribution is 7.98. The average molecular weight is 422 g/mol. The van der Waals surface area contributed by atoms with Crippen LogP contribution in [0.15, 0.2) is 0 Å². The average Bonchev–Trinajstić information content (AvgIpc) is 2.67. The van der Waals surface area contributed by atoms with Crippen LogP contribution in [0.25, 0.3) is 0 Å². The number of carboxylic acids is 1. The first-order valence-electron chi connectivity index (χ1n) is 8.93. The number of aliphatic hydroxyl groups excluding tert-OH is 1. The van der Waals surface area contributed by atoms with Crippen LogP contribution in [0.3, 0.4) is 0 Å². The van der Waals surface area contributed by atoms with Crippen molar-refractivity contribution in [3.05, 3.63) is 0 Å². The molecule has 0 bridgehead atoms. The van der Waals surface area contributed by atoms with Crippen molar-refractivity contribution >= 4 is 35.5 Å². The van der Waals surface area contributed by atoms with E-state index in [4.69, 9.17) is 11.5 Å². The number of nitrogens with one attached hydrogen (secondary N) is 3. The molecule has 0 saturated carbocycles. The molecule has 3 atom stereocenters. The van der Waals surface area contributed by atoms with Gasteiger partial charge in [0.25, 0.3) is 0 Å². The molecule has 0 aliphatic carbocycles. The Balaban J connectivity index is 4.95. The van der Waals surface area contributed by atoms with E-state index in [1.807, 2.05) is 6.26 Å². The molecule has 162 valence electrons. The lowest BCUT2D eigenvalue weighted by Gasteiger charge is -2.23. The number of aliphatic hydroxyl groups is 1. The number of carbonyl (C=O) groups is 4. The summed E-state index contributed by atoms with van der Waals surface area (Å²) in [6.45, 7) is -0.621. The molecule has 0 aliphatic rings. The number of unbranched alkanes of at least 4 members (excludes halogenated alkanes) is 1. The fraction of sp³-hybridized carbons (Fsp3) is 0.750. The molecule has 9 N–H and O–H groups in total. The van der Waals surface area contributed by atoms with Gasteiger partial charge >= 0.3 is 5.97 Å². The van der Waals surface area contributed by atoms with Crippen molar-refractivity contribution in [2.24, 2.45) is 11.5 Å². The number of carboxylic acid groups (broad SMARTS) is 1. The van der Waals surface area contributed by atoms with Crippen LogP contribution < -0.4 is 27.4 Å². The number of aliphatic carboxylic acids is 1. The van der Waals surface area contributed by atoms with E-state index >= 15 is 0 Å². The molecule has 0 aromatic carbocycles. The van der Waals surface area contributed by atoms with E-state index < -0.39 is 48.4 Å². The van der Waals surface area contributed by atoms with Crippen molar-refractivity contribution in [2.45, 2.75) is 43.8 Å². The zero-order chi connectivity index (χ0) is 21.5. The standard InChI is InChI=1S/C16H31N5O6S/c1-28-7-5-10(19-13(23)8-18)14(24)21-12(9-22)15(25)20-11(16(26)27)4-2-3-6-17/h10-12,22H,2-9,17-18H2,1H3,(H,19,23)(H,20,25)(H,21,24)(H,26,27). The van der Waals surface area contributed by atoms with Gasteiger partial charge in [-0.25, -0.2) is 4.79 Å². The molecule has 3 amide bonds. The summed E-state index contributed by atoms with van der Waals surface area (Å²) < 4.78 is 0. The van der Waals surface area contributed by atoms with Crippen molar-refractivity contribution in [1.82, 2.24) is 16.0 Å². The smallest absolute Gasteiger partial charge is 0.326 e. The summed E-state index contributed by atoms with van der Waals surface area (Å²) in [5.41, 5.74) is 10.6. The topological polar surface area (TPSA) is 197 Å². The van der Waals surface area contributed by atoms with E-state index in [2.05, 4.69) is 16.0 Å². The van der Waals surface area contributed by atoms with Gasteiger partial charge in [-0.05, 0) is 44.2 Å². The molecule has 0 aliphatic heterocycles. The zero-order valence-electron chi connectivity index (χ0n) is 16.0. The number of thioether (sulfide) groups is 1. The Morgan fingerprint density at radius 3 is 2.04 bits per heavy atom. The SMILES string of the molecule is CSCCC(NC(=O)CN)C(=O)NC(CO)C(=O)NC(CCCCN)C(=O)O. The Kier molecular flexibility index (Phi) is 14.1. The van der Waals surface area contributed by atoms with E-state index in [9.17, 15) is 29.4 Å². The number of carbonyl (C=O) groups excluding carboxylic acids is 3. The van der Waals surface area contributed by atoms with Gasteiger partial charge in [0.05, 0.1) is 13.2 Å². The van der Waals surface area contributed by atoms with Crippen LogP contribution >= 0.6 is 11.8 Å². The van der Waals surface area contributed by atoms with Crippen LogP contribution in [0.5, 0.6) is 0 Å². The van der Waals surface area contributed by atoms with Gasteiger partial charge < -0.3 is 37.6 Å². The second-order valence-electron chi connectivity index (χ2n) is 6.03. The normalized spacial score (nSPS) is 13.9. The largest absolute Gasteiger partial charge is 0.480 e. The van der Waals surface area contributed by atoms with Crippen LogP contribution in [0, 0.1) is 0 Å². The monoisotopic (exact) mass is 421 g/mol. The van der Waals surface area contributed by atoms with E-state index in [0.29, 0.717) is 31.6 Å². The van der Waals surface area contributed by atoms with Crippen LogP contribution in [0.1, 0.15) is 25.7 Å². The van der Waals surface area contributed by atoms with Gasteiger partial charge in [-0.2, -0.15) is 11.8 Å². The molecule has 11 nitrogen and oxygen atoms in total. The third-order valence-electron chi connectivity index (χ3n) is 3.82. The van der Waals surface area contributed by atoms with E-state index in [1.165, 1.54) is 11.8 Å². The summed E-state index contributed by atoms with van der Waals surface area (Å²) in [6, 6.07) is -3.44. The number of rotatable bonds is 15. The highest BCUT2D eigenvalue weighted by Crippen LogP contribution is 2.04. The maximum absolute atomic E-state index is 12.4. The van der Waals surface area contributed by atoms with E-state index in [1.54, 1.807) is 0 Å². The van der Waals surface area contributed by atoms with Crippen LogP contribution in [0.4, 0.5) is 0 Å². The molecule has 3 unspecified atom stereocenters. The maximum Gasteiger partial charge on any atom is 0.326 e. The van der Waals surface area contributed by atoms with Crippen molar-refractivity contribution in [3.63, 3.8) is 0 Å². The van der Waals surface area contributed by atoms with Gasteiger partial charge in [-0.15, -0.1) is 0 Å². The molecule has 0 saturated heterocycles. The lowest BCUT2D eigenvalue weighted by molar-refractivity contribution is -0.142. The predicted octanol–water partition coefficient (Wildman–Crippen LogP) is -2.64. The molecule has 0 spiro atoms. The molecule has 0 aromatic heterocycles. The van der Waals surface area contributed by atoms with Crippen LogP contribution in [-0.2, 0) is 19.2 Å². The third kappa shape index (κ3) is 10.4. The maximum atomic E-state index is 12.4. The minimum Gasteiger partial charge on any atom is -0.480 e. The lowest BCUT2D eigenvalue weighted by Crippen LogP contribution is -2.57. The van der Waals surface area contributed by atoms with Gasteiger partial charge in [0, 0.05) is 0 Å². The molecular formula is C16H31N5O6S. The molecule has 12 heteroatoms. The predicted molar refractivity (Wildman–Crippen MR) is 105 cm³/mol.